The number of hydrogen-bond acceptors (Lipinski definition) is 0. The quantitative estimate of drug-likeness (QED) is 0.341. The number of aromatic nitrogens is 2. The van der Waals surface area contributed by atoms with Gasteiger partial charge in [0.25, 0.3) is 0 Å². The summed E-state index contributed by atoms with van der Waals surface area (Å²) in [5.41, 5.74) is 7.36. The van der Waals surface area contributed by atoms with Crippen LogP contribution in [0, 0.1) is 6.92 Å². The monoisotopic (exact) mass is 346 g/mol. The van der Waals surface area contributed by atoms with Gasteiger partial charge in [-0.3, -0.25) is 0 Å². The first-order valence-corrected chi connectivity index (χ1v) is 9.31. The Morgan fingerprint density at radius 1 is 0.667 bits per heavy atom. The molecule has 128 valence electrons. The zero-order valence-corrected chi connectivity index (χ0v) is 15.0. The predicted octanol–water partition coefficient (Wildman–Crippen LogP) is 6.73. The van der Waals surface area contributed by atoms with Crippen LogP contribution in [-0.4, -0.2) is 9.55 Å². The number of nitrogens with one attached hydrogen (secondary N) is 1. The summed E-state index contributed by atoms with van der Waals surface area (Å²) in [5, 5.41) is 5.16. The summed E-state index contributed by atoms with van der Waals surface area (Å²) >= 11 is 0. The summed E-state index contributed by atoms with van der Waals surface area (Å²) in [6.07, 6.45) is 0. The highest BCUT2D eigenvalue weighted by Crippen LogP contribution is 2.39. The molecule has 0 saturated carbocycles. The van der Waals surface area contributed by atoms with E-state index in [1.807, 2.05) is 0 Å². The van der Waals surface area contributed by atoms with Crippen molar-refractivity contribution in [1.29, 1.82) is 0 Å². The molecule has 4 aromatic carbocycles. The minimum atomic E-state index is 1.18. The van der Waals surface area contributed by atoms with Crippen molar-refractivity contribution in [2.24, 2.45) is 0 Å². The minimum absolute atomic E-state index is 1.18. The van der Waals surface area contributed by atoms with E-state index in [2.05, 4.69) is 101 Å². The van der Waals surface area contributed by atoms with Gasteiger partial charge in [0.05, 0.1) is 11.0 Å². The highest BCUT2D eigenvalue weighted by atomic mass is 15.0. The lowest BCUT2D eigenvalue weighted by atomic mass is 10.1. The molecule has 27 heavy (non-hydrogen) atoms. The third-order valence-electron chi connectivity index (χ3n) is 5.56. The molecule has 0 saturated heterocycles. The molecule has 0 bridgehead atoms. The molecule has 0 fully saturated rings. The number of rotatable bonds is 1. The SMILES string of the molecule is Cc1ccc2c(c1)[nH]c1ccc3c4ccccc4n(-c4ccccc4)c3c12. The summed E-state index contributed by atoms with van der Waals surface area (Å²) in [4.78, 5) is 3.62. The number of para-hydroxylation sites is 2. The molecule has 0 aliphatic rings. The van der Waals surface area contributed by atoms with Crippen molar-refractivity contribution in [3.63, 3.8) is 0 Å². The second-order valence-electron chi connectivity index (χ2n) is 7.25. The van der Waals surface area contributed by atoms with Gasteiger partial charge in [0.2, 0.25) is 0 Å². The molecular weight excluding hydrogens is 328 g/mol. The molecule has 0 atom stereocenters. The van der Waals surface area contributed by atoms with E-state index in [0.29, 0.717) is 0 Å². The average Bonchev–Trinajstić information content (AvgIpc) is 3.23. The number of aromatic amines is 1. The molecule has 6 rings (SSSR count). The van der Waals surface area contributed by atoms with Gasteiger partial charge in [-0.25, -0.2) is 0 Å². The number of H-pyrrole nitrogens is 1. The third kappa shape index (κ3) is 1.95. The normalized spacial score (nSPS) is 11.9. The molecule has 2 heteroatoms. The van der Waals surface area contributed by atoms with E-state index < -0.39 is 0 Å². The lowest BCUT2D eigenvalue weighted by Crippen LogP contribution is -1.93. The maximum atomic E-state index is 3.62. The lowest BCUT2D eigenvalue weighted by Gasteiger charge is -2.08. The number of nitrogens with zero attached hydrogens (tertiary/aromatic N) is 1. The van der Waals surface area contributed by atoms with E-state index >= 15 is 0 Å². The molecule has 0 aliphatic heterocycles. The summed E-state index contributed by atoms with van der Waals surface area (Å²) in [7, 11) is 0. The van der Waals surface area contributed by atoms with Crippen LogP contribution in [0.1, 0.15) is 5.56 Å². The fourth-order valence-electron chi connectivity index (χ4n) is 4.40. The zero-order valence-electron chi connectivity index (χ0n) is 15.0. The Balaban J connectivity index is 1.93. The van der Waals surface area contributed by atoms with Crippen molar-refractivity contribution in [3.8, 4) is 5.69 Å². The van der Waals surface area contributed by atoms with Crippen LogP contribution in [0.2, 0.25) is 0 Å². The van der Waals surface area contributed by atoms with Gasteiger partial charge in [-0.05, 0) is 42.8 Å². The second-order valence-corrected chi connectivity index (χ2v) is 7.25. The van der Waals surface area contributed by atoms with Crippen LogP contribution in [-0.2, 0) is 0 Å². The molecule has 0 radical (unpaired) electrons. The molecule has 0 spiro atoms. The Morgan fingerprint density at radius 2 is 1.44 bits per heavy atom. The van der Waals surface area contributed by atoms with Crippen molar-refractivity contribution in [3.05, 3.63) is 90.5 Å². The summed E-state index contributed by atoms with van der Waals surface area (Å²) in [5.74, 6) is 0. The third-order valence-corrected chi connectivity index (χ3v) is 5.56. The Labute approximate surface area is 156 Å². The number of benzene rings is 4. The summed E-state index contributed by atoms with van der Waals surface area (Å²) in [6.45, 7) is 2.14. The van der Waals surface area contributed by atoms with Gasteiger partial charge in [-0.1, -0.05) is 54.6 Å². The topological polar surface area (TPSA) is 20.7 Å². The molecule has 0 aliphatic carbocycles. The second kappa shape index (κ2) is 5.24. The van der Waals surface area contributed by atoms with Crippen LogP contribution in [0.25, 0.3) is 49.3 Å². The van der Waals surface area contributed by atoms with E-state index in [1.165, 1.54) is 54.9 Å². The van der Waals surface area contributed by atoms with Gasteiger partial charge in [0.15, 0.2) is 0 Å². The predicted molar refractivity (Wildman–Crippen MR) is 115 cm³/mol. The highest BCUT2D eigenvalue weighted by molar-refractivity contribution is 6.25. The van der Waals surface area contributed by atoms with Crippen LogP contribution >= 0.6 is 0 Å². The van der Waals surface area contributed by atoms with Crippen molar-refractivity contribution in [2.45, 2.75) is 6.92 Å². The van der Waals surface area contributed by atoms with E-state index in [4.69, 9.17) is 0 Å². The summed E-state index contributed by atoms with van der Waals surface area (Å²) < 4.78 is 2.40. The molecule has 0 unspecified atom stereocenters. The van der Waals surface area contributed by atoms with E-state index in [1.54, 1.807) is 0 Å². The molecular formula is C25H18N2. The molecule has 1 N–H and O–H groups in total. The standard InChI is InChI=1S/C25H18N2/c1-16-11-12-20-22(15-16)26-21-14-13-19-18-9-5-6-10-23(18)27(25(19)24(20)21)17-7-3-2-4-8-17/h2-15,26H,1H3. The van der Waals surface area contributed by atoms with Crippen LogP contribution in [0.5, 0.6) is 0 Å². The van der Waals surface area contributed by atoms with Gasteiger partial charge in [0.1, 0.15) is 0 Å². The van der Waals surface area contributed by atoms with Crippen LogP contribution in [0.3, 0.4) is 0 Å². The van der Waals surface area contributed by atoms with Gasteiger partial charge in [-0.2, -0.15) is 0 Å². The largest absolute Gasteiger partial charge is 0.354 e. The maximum absolute atomic E-state index is 3.62. The van der Waals surface area contributed by atoms with Gasteiger partial charge in [0, 0.05) is 38.3 Å². The molecule has 2 aromatic heterocycles. The Hall–Kier alpha value is -3.52. The van der Waals surface area contributed by atoms with E-state index in [9.17, 15) is 0 Å². The van der Waals surface area contributed by atoms with Gasteiger partial charge < -0.3 is 9.55 Å². The lowest BCUT2D eigenvalue weighted by molar-refractivity contribution is 1.19. The van der Waals surface area contributed by atoms with E-state index in [0.717, 1.165) is 0 Å². The molecule has 0 amide bonds. The Kier molecular flexibility index (Phi) is 2.84. The first-order valence-electron chi connectivity index (χ1n) is 9.31. The average molecular weight is 346 g/mol. The minimum Gasteiger partial charge on any atom is -0.354 e. The van der Waals surface area contributed by atoms with Crippen molar-refractivity contribution < 1.29 is 0 Å². The van der Waals surface area contributed by atoms with Gasteiger partial charge >= 0.3 is 0 Å². The van der Waals surface area contributed by atoms with Crippen LogP contribution in [0.4, 0.5) is 0 Å². The van der Waals surface area contributed by atoms with Crippen LogP contribution < -0.4 is 0 Å². The van der Waals surface area contributed by atoms with Gasteiger partial charge in [-0.15, -0.1) is 0 Å². The molecule has 6 aromatic rings. The number of fused-ring (bicyclic) bond motifs is 7. The highest BCUT2D eigenvalue weighted by Gasteiger charge is 2.17. The molecule has 2 nitrogen and oxygen atoms in total. The maximum Gasteiger partial charge on any atom is 0.0641 e. The summed E-state index contributed by atoms with van der Waals surface area (Å²) in [6, 6.07) is 30.5. The smallest absolute Gasteiger partial charge is 0.0641 e. The zero-order chi connectivity index (χ0) is 18.0. The van der Waals surface area contributed by atoms with E-state index in [-0.39, 0.29) is 0 Å². The fraction of sp³-hybridized carbons (Fsp3) is 0.0400. The van der Waals surface area contributed by atoms with Crippen molar-refractivity contribution >= 4 is 43.6 Å². The van der Waals surface area contributed by atoms with Crippen molar-refractivity contribution in [1.82, 2.24) is 9.55 Å². The molecule has 2 heterocycles. The Bertz CT molecular complexity index is 1470. The fourth-order valence-corrected chi connectivity index (χ4v) is 4.40. The number of hydrogen-bond donors (Lipinski definition) is 1. The van der Waals surface area contributed by atoms with Crippen LogP contribution in [0.15, 0.2) is 84.9 Å². The first-order chi connectivity index (χ1) is 13.3. The van der Waals surface area contributed by atoms with Crippen molar-refractivity contribution in [2.75, 3.05) is 0 Å². The first kappa shape index (κ1) is 14.6. The Morgan fingerprint density at radius 3 is 2.33 bits per heavy atom. The number of aryl methyl sites for hydroxylation is 1.